The SMILES string of the molecule is CCO[C@H](C)c1ccc([C@@H](COC)CC(=O)O)cc1Nc1cnc(OC)nc1. The van der Waals surface area contributed by atoms with Crippen LogP contribution in [0.4, 0.5) is 11.4 Å². The lowest BCUT2D eigenvalue weighted by Gasteiger charge is -2.21. The summed E-state index contributed by atoms with van der Waals surface area (Å²) in [6.45, 7) is 4.81. The van der Waals surface area contributed by atoms with E-state index in [2.05, 4.69) is 15.3 Å². The molecule has 0 radical (unpaired) electrons. The first-order valence-electron chi connectivity index (χ1n) is 9.07. The van der Waals surface area contributed by atoms with Crippen molar-refractivity contribution in [2.45, 2.75) is 32.3 Å². The van der Waals surface area contributed by atoms with E-state index in [1.165, 1.54) is 7.11 Å². The number of hydrogen-bond acceptors (Lipinski definition) is 7. The Hall–Kier alpha value is -2.71. The topological polar surface area (TPSA) is 103 Å². The molecule has 0 fully saturated rings. The molecule has 0 aliphatic rings. The fourth-order valence-electron chi connectivity index (χ4n) is 2.96. The average molecular weight is 389 g/mol. The minimum atomic E-state index is -0.869. The van der Waals surface area contributed by atoms with Gasteiger partial charge in [-0.2, -0.15) is 0 Å². The third-order valence-corrected chi connectivity index (χ3v) is 4.28. The molecule has 1 aromatic heterocycles. The molecule has 1 heterocycles. The molecular weight excluding hydrogens is 362 g/mol. The fraction of sp³-hybridized carbons (Fsp3) is 0.450. The summed E-state index contributed by atoms with van der Waals surface area (Å²) in [6.07, 6.45) is 3.09. The summed E-state index contributed by atoms with van der Waals surface area (Å²) >= 11 is 0. The van der Waals surface area contributed by atoms with Gasteiger partial charge in [0.2, 0.25) is 0 Å². The summed E-state index contributed by atoms with van der Waals surface area (Å²) in [5, 5.41) is 12.5. The van der Waals surface area contributed by atoms with Crippen molar-refractivity contribution >= 4 is 17.3 Å². The summed E-state index contributed by atoms with van der Waals surface area (Å²) in [5.74, 6) is -1.13. The van der Waals surface area contributed by atoms with Crippen molar-refractivity contribution in [2.24, 2.45) is 0 Å². The predicted molar refractivity (Wildman–Crippen MR) is 105 cm³/mol. The van der Waals surface area contributed by atoms with Crippen LogP contribution in [0.5, 0.6) is 6.01 Å². The summed E-state index contributed by atoms with van der Waals surface area (Å²) < 4.78 is 16.0. The lowest BCUT2D eigenvalue weighted by atomic mass is 9.93. The van der Waals surface area contributed by atoms with E-state index in [0.717, 1.165) is 16.8 Å². The van der Waals surface area contributed by atoms with Crippen LogP contribution >= 0.6 is 0 Å². The van der Waals surface area contributed by atoms with E-state index in [0.29, 0.717) is 18.9 Å². The first kappa shape index (κ1) is 21.6. The van der Waals surface area contributed by atoms with E-state index in [9.17, 15) is 9.90 Å². The van der Waals surface area contributed by atoms with E-state index in [4.69, 9.17) is 14.2 Å². The van der Waals surface area contributed by atoms with Gasteiger partial charge in [0.1, 0.15) is 0 Å². The number of benzene rings is 1. The molecule has 2 aromatic rings. The van der Waals surface area contributed by atoms with Gasteiger partial charge in [-0.1, -0.05) is 12.1 Å². The van der Waals surface area contributed by atoms with Crippen molar-refractivity contribution in [2.75, 3.05) is 32.8 Å². The Morgan fingerprint density at radius 3 is 2.54 bits per heavy atom. The van der Waals surface area contributed by atoms with Crippen LogP contribution in [0.15, 0.2) is 30.6 Å². The number of aliphatic carboxylic acids is 1. The van der Waals surface area contributed by atoms with Crippen LogP contribution < -0.4 is 10.1 Å². The maximum atomic E-state index is 11.2. The highest BCUT2D eigenvalue weighted by atomic mass is 16.5. The van der Waals surface area contributed by atoms with Crippen LogP contribution in [0.25, 0.3) is 0 Å². The highest BCUT2D eigenvalue weighted by Gasteiger charge is 2.19. The van der Waals surface area contributed by atoms with Gasteiger partial charge in [0.05, 0.1) is 44.3 Å². The number of anilines is 2. The van der Waals surface area contributed by atoms with Crippen molar-refractivity contribution in [3.05, 3.63) is 41.7 Å². The maximum absolute atomic E-state index is 11.2. The fourth-order valence-corrected chi connectivity index (χ4v) is 2.96. The molecule has 0 saturated carbocycles. The van der Waals surface area contributed by atoms with Crippen LogP contribution in [-0.2, 0) is 14.3 Å². The second-order valence-electron chi connectivity index (χ2n) is 6.28. The summed E-state index contributed by atoms with van der Waals surface area (Å²) in [5.41, 5.74) is 3.31. The quantitative estimate of drug-likeness (QED) is 0.602. The Labute approximate surface area is 164 Å². The van der Waals surface area contributed by atoms with Crippen molar-refractivity contribution in [3.63, 3.8) is 0 Å². The van der Waals surface area contributed by atoms with Crippen molar-refractivity contribution < 1.29 is 24.1 Å². The Balaban J connectivity index is 2.39. The molecule has 28 heavy (non-hydrogen) atoms. The summed E-state index contributed by atoms with van der Waals surface area (Å²) in [4.78, 5) is 19.4. The molecule has 0 aliphatic heterocycles. The number of carboxylic acids is 1. The lowest BCUT2D eigenvalue weighted by Crippen LogP contribution is -2.13. The molecule has 0 spiro atoms. The number of rotatable bonds is 11. The Kier molecular flexibility index (Phi) is 8.16. The van der Waals surface area contributed by atoms with Crippen LogP contribution in [-0.4, -0.2) is 48.5 Å². The van der Waals surface area contributed by atoms with Crippen molar-refractivity contribution in [1.82, 2.24) is 9.97 Å². The van der Waals surface area contributed by atoms with Crippen molar-refractivity contribution in [3.8, 4) is 6.01 Å². The smallest absolute Gasteiger partial charge is 0.316 e. The zero-order valence-corrected chi connectivity index (χ0v) is 16.6. The zero-order valence-electron chi connectivity index (χ0n) is 16.6. The first-order chi connectivity index (χ1) is 13.5. The van der Waals surface area contributed by atoms with Gasteiger partial charge in [0, 0.05) is 30.9 Å². The maximum Gasteiger partial charge on any atom is 0.316 e. The van der Waals surface area contributed by atoms with Crippen LogP contribution in [0, 0.1) is 0 Å². The molecule has 0 saturated heterocycles. The van der Waals surface area contributed by atoms with Crippen LogP contribution in [0.3, 0.4) is 0 Å². The number of aromatic nitrogens is 2. The first-order valence-corrected chi connectivity index (χ1v) is 9.07. The minimum absolute atomic E-state index is 0.0146. The standard InChI is InChI=1S/C20H27N3O5/c1-5-28-13(2)17-7-6-14(15(12-26-3)9-19(24)25)8-18(17)23-16-10-21-20(27-4)22-11-16/h6-8,10-11,13,15,23H,5,9,12H2,1-4H3,(H,24,25)/t13-,15-/m1/s1. The third kappa shape index (κ3) is 5.90. The summed E-state index contributed by atoms with van der Waals surface area (Å²) in [7, 11) is 3.07. The molecule has 152 valence electrons. The number of ether oxygens (including phenoxy) is 3. The molecule has 1 aromatic carbocycles. The van der Waals surface area contributed by atoms with Gasteiger partial charge in [-0.25, -0.2) is 9.97 Å². The molecule has 8 heteroatoms. The number of carbonyl (C=O) groups is 1. The minimum Gasteiger partial charge on any atom is -0.481 e. The molecule has 2 rings (SSSR count). The number of hydrogen-bond donors (Lipinski definition) is 2. The van der Waals surface area contributed by atoms with Crippen LogP contribution in [0.2, 0.25) is 0 Å². The molecule has 2 atom stereocenters. The second-order valence-corrected chi connectivity index (χ2v) is 6.28. The highest BCUT2D eigenvalue weighted by molar-refractivity contribution is 5.69. The molecule has 0 bridgehead atoms. The van der Waals surface area contributed by atoms with Gasteiger partial charge < -0.3 is 24.6 Å². The average Bonchev–Trinajstić information content (AvgIpc) is 2.68. The molecular formula is C20H27N3O5. The largest absolute Gasteiger partial charge is 0.481 e. The third-order valence-electron chi connectivity index (χ3n) is 4.28. The number of carboxylic acid groups (broad SMARTS) is 1. The lowest BCUT2D eigenvalue weighted by molar-refractivity contribution is -0.137. The van der Waals surface area contributed by atoms with Gasteiger partial charge in [-0.3, -0.25) is 4.79 Å². The Morgan fingerprint density at radius 1 is 1.25 bits per heavy atom. The van der Waals surface area contributed by atoms with Crippen LogP contribution in [0.1, 0.15) is 43.4 Å². The van der Waals surface area contributed by atoms with Crippen molar-refractivity contribution in [1.29, 1.82) is 0 Å². The zero-order chi connectivity index (χ0) is 20.5. The van der Waals surface area contributed by atoms with Gasteiger partial charge in [0.25, 0.3) is 0 Å². The predicted octanol–water partition coefficient (Wildman–Crippen LogP) is 3.53. The van der Waals surface area contributed by atoms with E-state index >= 15 is 0 Å². The van der Waals surface area contributed by atoms with E-state index in [-0.39, 0.29) is 24.5 Å². The summed E-state index contributed by atoms with van der Waals surface area (Å²) in [6, 6.07) is 6.09. The van der Waals surface area contributed by atoms with E-state index in [1.807, 2.05) is 32.0 Å². The van der Waals surface area contributed by atoms with Gasteiger partial charge in [-0.15, -0.1) is 0 Å². The van der Waals surface area contributed by atoms with Gasteiger partial charge in [-0.05, 0) is 25.5 Å². The number of nitrogens with one attached hydrogen (secondary N) is 1. The highest BCUT2D eigenvalue weighted by Crippen LogP contribution is 2.32. The molecule has 2 N–H and O–H groups in total. The normalized spacial score (nSPS) is 13.0. The number of methoxy groups -OCH3 is 2. The Morgan fingerprint density at radius 2 is 1.96 bits per heavy atom. The van der Waals surface area contributed by atoms with Gasteiger partial charge in [0.15, 0.2) is 0 Å². The molecule has 0 aliphatic carbocycles. The Bertz CT molecular complexity index is 767. The van der Waals surface area contributed by atoms with Gasteiger partial charge >= 0.3 is 12.0 Å². The monoisotopic (exact) mass is 389 g/mol. The molecule has 0 amide bonds. The molecule has 8 nitrogen and oxygen atoms in total. The molecule has 0 unspecified atom stereocenters. The number of nitrogens with zero attached hydrogens (tertiary/aromatic N) is 2. The van der Waals surface area contributed by atoms with E-state index < -0.39 is 5.97 Å². The van der Waals surface area contributed by atoms with E-state index in [1.54, 1.807) is 19.5 Å². The second kappa shape index (κ2) is 10.6.